The van der Waals surface area contributed by atoms with E-state index in [2.05, 4.69) is 18.8 Å². The number of esters is 1. The van der Waals surface area contributed by atoms with Crippen LogP contribution in [0.4, 0.5) is 0 Å². The van der Waals surface area contributed by atoms with Crippen LogP contribution in [0, 0.1) is 0 Å². The summed E-state index contributed by atoms with van der Waals surface area (Å²) in [6.07, 6.45) is 0. The fraction of sp³-hybridized carbons (Fsp3) is 0.250. The third kappa shape index (κ3) is 3.61. The van der Waals surface area contributed by atoms with Crippen LogP contribution in [0.5, 0.6) is 0 Å². The number of hydrogen-bond acceptors (Lipinski definition) is 4. The molecular weight excluding hydrogens is 364 g/mol. The molecule has 0 spiro atoms. The lowest BCUT2D eigenvalue weighted by Gasteiger charge is -2.07. The number of nitrogens with two attached hydrogens (primary N) is 1. The summed E-state index contributed by atoms with van der Waals surface area (Å²) in [6.45, 7) is 6.18. The molecule has 0 amide bonds. The molecule has 3 aromatic rings. The molecule has 27 heavy (non-hydrogen) atoms. The molecule has 0 aliphatic carbocycles. The van der Waals surface area contributed by atoms with Gasteiger partial charge >= 0.3 is 5.97 Å². The predicted molar refractivity (Wildman–Crippen MR) is 105 cm³/mol. The van der Waals surface area contributed by atoms with Crippen LogP contribution >= 0.6 is 0 Å². The number of H-pyrrole nitrogens is 1. The highest BCUT2D eigenvalue weighted by molar-refractivity contribution is 7.89. The number of carbonyl (C=O) groups excluding carboxylic acids is 1. The van der Waals surface area contributed by atoms with E-state index in [0.29, 0.717) is 16.8 Å². The topological polar surface area (TPSA) is 102 Å². The third-order valence-corrected chi connectivity index (χ3v) is 5.37. The van der Waals surface area contributed by atoms with Crippen LogP contribution in [-0.4, -0.2) is 26.0 Å². The maximum Gasteiger partial charge on any atom is 0.355 e. The van der Waals surface area contributed by atoms with Gasteiger partial charge in [0.15, 0.2) is 0 Å². The first kappa shape index (κ1) is 19.1. The van der Waals surface area contributed by atoms with Gasteiger partial charge < -0.3 is 9.72 Å². The zero-order valence-electron chi connectivity index (χ0n) is 15.4. The zero-order chi connectivity index (χ0) is 19.8. The Morgan fingerprint density at radius 3 is 2.37 bits per heavy atom. The SMILES string of the molecule is CCOC(=O)c1[nH]c2c(C(C)C)cccc2c1-c1ccc(S(N)(=O)=O)cc1. The van der Waals surface area contributed by atoms with Crippen molar-refractivity contribution < 1.29 is 17.9 Å². The third-order valence-electron chi connectivity index (χ3n) is 4.44. The molecule has 3 N–H and O–H groups in total. The zero-order valence-corrected chi connectivity index (χ0v) is 16.3. The van der Waals surface area contributed by atoms with Gasteiger partial charge in [-0.2, -0.15) is 0 Å². The molecule has 7 heteroatoms. The Morgan fingerprint density at radius 2 is 1.81 bits per heavy atom. The number of carbonyl (C=O) groups is 1. The number of aromatic nitrogens is 1. The van der Waals surface area contributed by atoms with Crippen LogP contribution < -0.4 is 5.14 Å². The van der Waals surface area contributed by atoms with Crippen LogP contribution in [0.15, 0.2) is 47.4 Å². The van der Waals surface area contributed by atoms with E-state index >= 15 is 0 Å². The summed E-state index contributed by atoms with van der Waals surface area (Å²) in [5.74, 6) is -0.186. The van der Waals surface area contributed by atoms with E-state index in [-0.39, 0.29) is 17.4 Å². The molecule has 6 nitrogen and oxygen atoms in total. The lowest BCUT2D eigenvalue weighted by Crippen LogP contribution is -2.11. The van der Waals surface area contributed by atoms with Gasteiger partial charge in [-0.25, -0.2) is 18.4 Å². The second kappa shape index (κ2) is 7.17. The number of fused-ring (bicyclic) bond motifs is 1. The summed E-state index contributed by atoms with van der Waals surface area (Å²) in [5, 5.41) is 6.06. The summed E-state index contributed by atoms with van der Waals surface area (Å²) < 4.78 is 28.3. The monoisotopic (exact) mass is 386 g/mol. The molecular formula is C20H22N2O4S. The van der Waals surface area contributed by atoms with E-state index in [9.17, 15) is 13.2 Å². The molecule has 0 atom stereocenters. The highest BCUT2D eigenvalue weighted by atomic mass is 32.2. The molecule has 142 valence electrons. The summed E-state index contributed by atoms with van der Waals surface area (Å²) in [5.41, 5.74) is 3.71. The molecule has 0 aliphatic rings. The molecule has 2 aromatic carbocycles. The van der Waals surface area contributed by atoms with E-state index in [1.165, 1.54) is 12.1 Å². The standard InChI is InChI=1S/C20H22N2O4S/c1-4-26-20(23)19-17(13-8-10-14(11-9-13)27(21,24)25)16-7-5-6-15(12(2)3)18(16)22-19/h5-12,22H,4H2,1-3H3,(H2,21,24,25). The summed E-state index contributed by atoms with van der Waals surface area (Å²) in [4.78, 5) is 15.8. The van der Waals surface area contributed by atoms with Crippen LogP contribution in [0.3, 0.4) is 0 Å². The summed E-state index contributed by atoms with van der Waals surface area (Å²) in [6, 6.07) is 12.1. The first-order valence-electron chi connectivity index (χ1n) is 8.69. The van der Waals surface area contributed by atoms with Gasteiger partial charge in [0.1, 0.15) is 5.69 Å². The fourth-order valence-corrected chi connectivity index (χ4v) is 3.70. The van der Waals surface area contributed by atoms with Gasteiger partial charge in [-0.05, 0) is 36.1 Å². The van der Waals surface area contributed by atoms with Crippen molar-refractivity contribution >= 4 is 26.9 Å². The quantitative estimate of drug-likeness (QED) is 0.651. The van der Waals surface area contributed by atoms with Gasteiger partial charge in [0.2, 0.25) is 10.0 Å². The number of hydrogen-bond donors (Lipinski definition) is 2. The van der Waals surface area contributed by atoms with Crippen molar-refractivity contribution in [1.29, 1.82) is 0 Å². The van der Waals surface area contributed by atoms with Gasteiger partial charge in [-0.1, -0.05) is 44.2 Å². The van der Waals surface area contributed by atoms with E-state index in [1.807, 2.05) is 18.2 Å². The van der Waals surface area contributed by atoms with Gasteiger partial charge in [0.05, 0.1) is 17.0 Å². The second-order valence-corrected chi connectivity index (χ2v) is 8.15. The van der Waals surface area contributed by atoms with Crippen LogP contribution in [-0.2, 0) is 14.8 Å². The Kier molecular flexibility index (Phi) is 5.08. The van der Waals surface area contributed by atoms with Crippen molar-refractivity contribution in [2.24, 2.45) is 5.14 Å². The smallest absolute Gasteiger partial charge is 0.355 e. The number of primary sulfonamides is 1. The van der Waals surface area contributed by atoms with E-state index < -0.39 is 16.0 Å². The minimum Gasteiger partial charge on any atom is -0.461 e. The molecule has 1 aromatic heterocycles. The van der Waals surface area contributed by atoms with Crippen LogP contribution in [0.25, 0.3) is 22.0 Å². The molecule has 0 saturated carbocycles. The van der Waals surface area contributed by atoms with Crippen molar-refractivity contribution in [3.63, 3.8) is 0 Å². The molecule has 0 unspecified atom stereocenters. The number of nitrogens with one attached hydrogen (secondary N) is 1. The van der Waals surface area contributed by atoms with Crippen molar-refractivity contribution in [3.05, 3.63) is 53.7 Å². The molecule has 0 aliphatic heterocycles. The number of benzene rings is 2. The predicted octanol–water partition coefficient (Wildman–Crippen LogP) is 3.78. The van der Waals surface area contributed by atoms with E-state index in [4.69, 9.17) is 9.88 Å². The number of rotatable bonds is 5. The number of sulfonamides is 1. The maximum absolute atomic E-state index is 12.5. The van der Waals surface area contributed by atoms with Crippen LogP contribution in [0.2, 0.25) is 0 Å². The maximum atomic E-state index is 12.5. The van der Waals surface area contributed by atoms with Gasteiger partial charge in [0, 0.05) is 10.9 Å². The lowest BCUT2D eigenvalue weighted by molar-refractivity contribution is 0.0521. The number of para-hydroxylation sites is 1. The van der Waals surface area contributed by atoms with Gasteiger partial charge in [-0.15, -0.1) is 0 Å². The summed E-state index contributed by atoms with van der Waals surface area (Å²) in [7, 11) is -3.78. The lowest BCUT2D eigenvalue weighted by atomic mass is 9.97. The minimum absolute atomic E-state index is 0.0200. The Hall–Kier alpha value is -2.64. The molecule has 1 heterocycles. The normalized spacial score (nSPS) is 11.9. The molecule has 0 bridgehead atoms. The van der Waals surface area contributed by atoms with E-state index in [1.54, 1.807) is 19.1 Å². The summed E-state index contributed by atoms with van der Waals surface area (Å²) >= 11 is 0. The number of ether oxygens (including phenoxy) is 1. The van der Waals surface area contributed by atoms with Crippen molar-refractivity contribution in [1.82, 2.24) is 4.98 Å². The van der Waals surface area contributed by atoms with Crippen molar-refractivity contribution in [2.45, 2.75) is 31.6 Å². The Balaban J connectivity index is 2.28. The first-order chi connectivity index (χ1) is 12.7. The average molecular weight is 386 g/mol. The second-order valence-electron chi connectivity index (χ2n) is 6.59. The van der Waals surface area contributed by atoms with Crippen molar-refractivity contribution in [2.75, 3.05) is 6.61 Å². The van der Waals surface area contributed by atoms with Gasteiger partial charge in [-0.3, -0.25) is 0 Å². The molecule has 0 saturated heterocycles. The fourth-order valence-electron chi connectivity index (χ4n) is 3.19. The van der Waals surface area contributed by atoms with Crippen molar-refractivity contribution in [3.8, 4) is 11.1 Å². The largest absolute Gasteiger partial charge is 0.461 e. The van der Waals surface area contributed by atoms with E-state index in [0.717, 1.165) is 16.5 Å². The highest BCUT2D eigenvalue weighted by Gasteiger charge is 2.22. The Labute approximate surface area is 158 Å². The van der Waals surface area contributed by atoms with Gasteiger partial charge in [0.25, 0.3) is 0 Å². The average Bonchev–Trinajstić information content (AvgIpc) is 3.00. The highest BCUT2D eigenvalue weighted by Crippen LogP contribution is 2.36. The Morgan fingerprint density at radius 1 is 1.15 bits per heavy atom. The minimum atomic E-state index is -3.78. The Bertz CT molecular complexity index is 1100. The molecule has 0 radical (unpaired) electrons. The molecule has 3 rings (SSSR count). The van der Waals surface area contributed by atoms with Crippen LogP contribution in [0.1, 0.15) is 42.7 Å². The first-order valence-corrected chi connectivity index (χ1v) is 10.2. The molecule has 0 fully saturated rings. The number of aromatic amines is 1.